The number of nitrogens with zero attached hydrogens (tertiary/aromatic N) is 8. The number of hydrogen-bond acceptors (Lipinski definition) is 8. The number of allylic oxidation sites excluding steroid dienone is 1. The van der Waals surface area contributed by atoms with Crippen LogP contribution in [0.2, 0.25) is 0 Å². The maximum atomic E-state index is 13.1. The van der Waals surface area contributed by atoms with Gasteiger partial charge in [0.1, 0.15) is 11.9 Å². The summed E-state index contributed by atoms with van der Waals surface area (Å²) in [4.78, 5) is 38.6. The molecule has 4 aromatic rings. The molecule has 1 saturated heterocycles. The lowest BCUT2D eigenvalue weighted by Gasteiger charge is -2.34. The lowest BCUT2D eigenvalue weighted by Crippen LogP contribution is -2.44. The first-order chi connectivity index (χ1) is 18.3. The number of benzene rings is 1. The summed E-state index contributed by atoms with van der Waals surface area (Å²) in [5, 5.41) is 7.42. The van der Waals surface area contributed by atoms with E-state index >= 15 is 0 Å². The van der Waals surface area contributed by atoms with Gasteiger partial charge in [0.2, 0.25) is 5.95 Å². The second-order valence-electron chi connectivity index (χ2n) is 8.98. The minimum Gasteiger partial charge on any atom is -0.369 e. The number of alkyl halides is 2. The zero-order valence-corrected chi connectivity index (χ0v) is 20.8. The zero-order valence-electron chi connectivity index (χ0n) is 20.8. The van der Waals surface area contributed by atoms with Crippen molar-refractivity contribution in [1.29, 1.82) is 0 Å². The molecule has 38 heavy (non-hydrogen) atoms. The number of rotatable bonds is 8. The second-order valence-corrected chi connectivity index (χ2v) is 8.98. The molecule has 0 bridgehead atoms. The molecule has 0 atom stereocenters. The van der Waals surface area contributed by atoms with Crippen LogP contribution < -0.4 is 21.3 Å². The van der Waals surface area contributed by atoms with Crippen molar-refractivity contribution in [3.05, 3.63) is 76.0 Å². The summed E-state index contributed by atoms with van der Waals surface area (Å²) in [6.45, 7) is 6.85. The van der Waals surface area contributed by atoms with Crippen molar-refractivity contribution in [2.45, 2.75) is 19.5 Å². The number of halogens is 2. The Morgan fingerprint density at radius 3 is 2.50 bits per heavy atom. The Kier molecular flexibility index (Phi) is 7.01. The van der Waals surface area contributed by atoms with Crippen LogP contribution in [0.1, 0.15) is 0 Å². The second kappa shape index (κ2) is 10.5. The summed E-state index contributed by atoms with van der Waals surface area (Å²) < 4.78 is 29.3. The van der Waals surface area contributed by atoms with Crippen molar-refractivity contribution in [1.82, 2.24) is 34.0 Å². The van der Waals surface area contributed by atoms with Crippen molar-refractivity contribution in [3.63, 3.8) is 0 Å². The molecule has 198 valence electrons. The Bertz CT molecular complexity index is 1570. The van der Waals surface area contributed by atoms with Crippen LogP contribution in [0.3, 0.4) is 0 Å². The minimum atomic E-state index is -2.77. The molecule has 0 unspecified atom stereocenters. The fourth-order valence-electron chi connectivity index (χ4n) is 4.37. The smallest absolute Gasteiger partial charge is 0.278 e. The summed E-state index contributed by atoms with van der Waals surface area (Å²) in [6.07, 6.45) is 0.144. The number of hydrogen-bond donors (Lipinski definition) is 1. The van der Waals surface area contributed by atoms with Crippen LogP contribution in [0, 0.1) is 0 Å². The van der Waals surface area contributed by atoms with E-state index in [1.807, 2.05) is 24.3 Å². The molecule has 0 saturated carbocycles. The number of fused-ring (bicyclic) bond motifs is 1. The topological polar surface area (TPSA) is 106 Å². The molecule has 13 heteroatoms. The van der Waals surface area contributed by atoms with E-state index in [4.69, 9.17) is 0 Å². The summed E-state index contributed by atoms with van der Waals surface area (Å²) in [5.74, 6) is 0.315. The van der Waals surface area contributed by atoms with Gasteiger partial charge in [0, 0.05) is 49.8 Å². The average molecular weight is 524 g/mol. The van der Waals surface area contributed by atoms with Crippen LogP contribution in [0.4, 0.5) is 26.1 Å². The highest BCUT2D eigenvalue weighted by molar-refractivity contribution is 5.77. The molecular formula is C25H27F2N9O2. The Balaban J connectivity index is 1.50. The first-order valence-corrected chi connectivity index (χ1v) is 12.1. The fourth-order valence-corrected chi connectivity index (χ4v) is 4.37. The van der Waals surface area contributed by atoms with Gasteiger partial charge in [-0.25, -0.2) is 27.8 Å². The van der Waals surface area contributed by atoms with Gasteiger partial charge in [0.25, 0.3) is 17.5 Å². The van der Waals surface area contributed by atoms with Gasteiger partial charge in [-0.15, -0.1) is 11.7 Å². The highest BCUT2D eigenvalue weighted by Crippen LogP contribution is 2.22. The van der Waals surface area contributed by atoms with E-state index in [0.29, 0.717) is 4.68 Å². The van der Waals surface area contributed by atoms with E-state index in [-0.39, 0.29) is 29.3 Å². The number of anilines is 3. The first kappa shape index (κ1) is 25.3. The van der Waals surface area contributed by atoms with Crippen molar-refractivity contribution in [2.24, 2.45) is 0 Å². The van der Waals surface area contributed by atoms with Gasteiger partial charge in [-0.1, -0.05) is 6.08 Å². The third kappa shape index (κ3) is 5.05. The van der Waals surface area contributed by atoms with Crippen LogP contribution in [0.5, 0.6) is 0 Å². The SMILES string of the molecule is C=CCn1c(=O)c2cnc(Nc3ccc(N4CCN(C)CC4)cc3)nc2n1-c1ccc(=O)n(CC(F)F)n1. The van der Waals surface area contributed by atoms with Gasteiger partial charge in [0.05, 0.1) is 6.54 Å². The standard InChI is InChI=1S/C25H27F2N9O2/c1-3-10-35-24(38)19-15-28-25(29-17-4-6-18(7-5-17)33-13-11-32(2)12-14-33)30-23(19)36(35)21-8-9-22(37)34(31-21)16-20(26)27/h3-9,15,20H,1,10-14,16H2,2H3,(H,28,29,30). The highest BCUT2D eigenvalue weighted by Gasteiger charge is 2.19. The molecule has 3 aromatic heterocycles. The zero-order chi connectivity index (χ0) is 26.8. The molecule has 1 N–H and O–H groups in total. The number of nitrogens with one attached hydrogen (secondary N) is 1. The maximum Gasteiger partial charge on any atom is 0.278 e. The summed E-state index contributed by atoms with van der Waals surface area (Å²) >= 11 is 0. The van der Waals surface area contributed by atoms with Crippen molar-refractivity contribution in [3.8, 4) is 5.82 Å². The van der Waals surface area contributed by atoms with E-state index in [0.717, 1.165) is 43.6 Å². The number of piperazine rings is 1. The van der Waals surface area contributed by atoms with Gasteiger partial charge >= 0.3 is 0 Å². The highest BCUT2D eigenvalue weighted by atomic mass is 19.3. The first-order valence-electron chi connectivity index (χ1n) is 12.1. The molecule has 1 aliphatic rings. The van der Waals surface area contributed by atoms with Gasteiger partial charge < -0.3 is 15.1 Å². The Morgan fingerprint density at radius 1 is 1.08 bits per heavy atom. The van der Waals surface area contributed by atoms with Crippen LogP contribution >= 0.6 is 0 Å². The van der Waals surface area contributed by atoms with Crippen molar-refractivity contribution in [2.75, 3.05) is 43.4 Å². The predicted octanol–water partition coefficient (Wildman–Crippen LogP) is 2.09. The van der Waals surface area contributed by atoms with Gasteiger partial charge in [0.15, 0.2) is 11.5 Å². The Morgan fingerprint density at radius 2 is 1.82 bits per heavy atom. The van der Waals surface area contributed by atoms with E-state index in [2.05, 4.69) is 43.8 Å². The number of likely N-dealkylation sites (N-methyl/N-ethyl adjacent to an activating group) is 1. The van der Waals surface area contributed by atoms with Gasteiger partial charge in [-0.2, -0.15) is 4.98 Å². The summed E-state index contributed by atoms with van der Waals surface area (Å²) in [7, 11) is 2.11. The summed E-state index contributed by atoms with van der Waals surface area (Å²) in [5.41, 5.74) is 1.00. The monoisotopic (exact) mass is 523 g/mol. The molecule has 0 aliphatic carbocycles. The Labute approximate surface area is 216 Å². The maximum absolute atomic E-state index is 13.1. The van der Waals surface area contributed by atoms with Gasteiger partial charge in [-0.05, 0) is 37.4 Å². The van der Waals surface area contributed by atoms with Crippen molar-refractivity contribution >= 4 is 28.4 Å². The Hall–Kier alpha value is -4.39. The third-order valence-electron chi connectivity index (χ3n) is 6.35. The molecule has 0 spiro atoms. The molecule has 11 nitrogen and oxygen atoms in total. The normalized spacial score (nSPS) is 14.4. The van der Waals surface area contributed by atoms with E-state index < -0.39 is 24.1 Å². The van der Waals surface area contributed by atoms with Crippen LogP contribution in [-0.4, -0.2) is 73.7 Å². The predicted molar refractivity (Wildman–Crippen MR) is 141 cm³/mol. The molecule has 0 radical (unpaired) electrons. The lowest BCUT2D eigenvalue weighted by molar-refractivity contribution is 0.119. The summed E-state index contributed by atoms with van der Waals surface area (Å²) in [6, 6.07) is 10.4. The number of aromatic nitrogens is 6. The third-order valence-corrected chi connectivity index (χ3v) is 6.35. The van der Waals surface area contributed by atoms with E-state index in [1.165, 1.54) is 27.7 Å². The molecule has 1 aliphatic heterocycles. The fraction of sp³-hybridized carbons (Fsp3) is 0.320. The quantitative estimate of drug-likeness (QED) is 0.350. The average Bonchev–Trinajstić information content (AvgIpc) is 3.17. The van der Waals surface area contributed by atoms with Crippen LogP contribution in [0.25, 0.3) is 16.9 Å². The molecule has 1 fully saturated rings. The van der Waals surface area contributed by atoms with E-state index in [1.54, 1.807) is 0 Å². The minimum absolute atomic E-state index is 0.0837. The van der Waals surface area contributed by atoms with E-state index in [9.17, 15) is 18.4 Å². The van der Waals surface area contributed by atoms with Crippen LogP contribution in [0.15, 0.2) is 64.8 Å². The molecular weight excluding hydrogens is 496 g/mol. The molecule has 0 amide bonds. The van der Waals surface area contributed by atoms with Crippen molar-refractivity contribution < 1.29 is 8.78 Å². The van der Waals surface area contributed by atoms with Gasteiger partial charge in [-0.3, -0.25) is 9.59 Å². The molecule has 4 heterocycles. The largest absolute Gasteiger partial charge is 0.369 e. The lowest BCUT2D eigenvalue weighted by atomic mass is 10.2. The van der Waals surface area contributed by atoms with Crippen LogP contribution in [-0.2, 0) is 13.1 Å². The molecule has 5 rings (SSSR count). The molecule has 1 aromatic carbocycles.